The normalized spacial score (nSPS) is 12.3. The molecule has 1 heterocycles. The number of hydrogen-bond donors (Lipinski definition) is 1. The number of rotatable bonds is 4. The van der Waals surface area contributed by atoms with Gasteiger partial charge < -0.3 is 10.5 Å². The maximum absolute atomic E-state index is 5.87. The van der Waals surface area contributed by atoms with E-state index < -0.39 is 0 Å². The quantitative estimate of drug-likeness (QED) is 0.789. The number of hydrogen-bond acceptors (Lipinski definition) is 3. The van der Waals surface area contributed by atoms with Gasteiger partial charge in [-0.25, -0.2) is 0 Å². The molecule has 2 N–H and O–H groups in total. The molecule has 1 atom stereocenters. The van der Waals surface area contributed by atoms with Crippen LogP contribution in [-0.4, -0.2) is 4.98 Å². The summed E-state index contributed by atoms with van der Waals surface area (Å²) in [6.07, 6.45) is 1.82. The molecule has 0 amide bonds. The highest BCUT2D eigenvalue weighted by Gasteiger charge is 2.03. The van der Waals surface area contributed by atoms with E-state index in [9.17, 15) is 0 Å². The average Bonchev–Trinajstić information content (AvgIpc) is 2.53. The molecule has 0 aliphatic rings. The molecule has 0 bridgehead atoms. The molecule has 0 saturated heterocycles. The van der Waals surface area contributed by atoms with Crippen molar-refractivity contribution in [2.45, 2.75) is 19.6 Å². The molecule has 0 saturated carbocycles. The van der Waals surface area contributed by atoms with E-state index in [4.69, 9.17) is 10.5 Å². The second kappa shape index (κ2) is 5.94. The van der Waals surface area contributed by atoms with E-state index in [-0.39, 0.29) is 6.04 Å². The Kier molecular flexibility index (Phi) is 3.84. The molecule has 0 aliphatic carbocycles. The van der Waals surface area contributed by atoms with Gasteiger partial charge in [0.25, 0.3) is 0 Å². The molecule has 1 unspecified atom stereocenters. The Morgan fingerprint density at radius 1 is 1.05 bits per heavy atom. The number of nitrogens with zero attached hydrogens (tertiary/aromatic N) is 1. The predicted octanol–water partition coefficient (Wildman–Crippen LogP) is 3.83. The van der Waals surface area contributed by atoms with Crippen molar-refractivity contribution >= 4 is 10.9 Å². The molecule has 3 heteroatoms. The largest absolute Gasteiger partial charge is 0.489 e. The van der Waals surface area contributed by atoms with Crippen molar-refractivity contribution in [3.63, 3.8) is 0 Å². The van der Waals surface area contributed by atoms with Gasteiger partial charge in [-0.1, -0.05) is 30.3 Å². The molecule has 3 aromatic rings. The van der Waals surface area contributed by atoms with Gasteiger partial charge in [0.05, 0.1) is 5.52 Å². The van der Waals surface area contributed by atoms with Crippen LogP contribution in [0.5, 0.6) is 5.75 Å². The lowest BCUT2D eigenvalue weighted by molar-refractivity contribution is 0.307. The minimum atomic E-state index is 0.0446. The monoisotopic (exact) mass is 278 g/mol. The van der Waals surface area contributed by atoms with Gasteiger partial charge in [-0.15, -0.1) is 0 Å². The lowest BCUT2D eigenvalue weighted by Crippen LogP contribution is -2.04. The summed E-state index contributed by atoms with van der Waals surface area (Å²) in [7, 11) is 0. The van der Waals surface area contributed by atoms with Crippen molar-refractivity contribution in [1.82, 2.24) is 4.98 Å². The Balaban J connectivity index is 1.77. The first-order valence-corrected chi connectivity index (χ1v) is 7.05. The summed E-state index contributed by atoms with van der Waals surface area (Å²) in [5, 5.41) is 1.13. The molecule has 3 nitrogen and oxygen atoms in total. The highest BCUT2D eigenvalue weighted by molar-refractivity contribution is 5.81. The summed E-state index contributed by atoms with van der Waals surface area (Å²) in [6, 6.07) is 18.1. The van der Waals surface area contributed by atoms with E-state index in [1.807, 2.05) is 61.7 Å². The van der Waals surface area contributed by atoms with Crippen LogP contribution in [0.15, 0.2) is 60.8 Å². The van der Waals surface area contributed by atoms with Crippen LogP contribution in [0, 0.1) is 0 Å². The highest BCUT2D eigenvalue weighted by Crippen LogP contribution is 2.20. The van der Waals surface area contributed by atoms with Crippen LogP contribution in [-0.2, 0) is 6.61 Å². The second-order valence-electron chi connectivity index (χ2n) is 5.13. The fraction of sp³-hybridized carbons (Fsp3) is 0.167. The number of ether oxygens (including phenoxy) is 1. The van der Waals surface area contributed by atoms with Crippen molar-refractivity contribution in [1.29, 1.82) is 0 Å². The Labute approximate surface area is 124 Å². The van der Waals surface area contributed by atoms with Gasteiger partial charge >= 0.3 is 0 Å². The minimum Gasteiger partial charge on any atom is -0.489 e. The van der Waals surface area contributed by atoms with Crippen LogP contribution >= 0.6 is 0 Å². The summed E-state index contributed by atoms with van der Waals surface area (Å²) >= 11 is 0. The number of fused-ring (bicyclic) bond motifs is 1. The first kappa shape index (κ1) is 13.6. The maximum atomic E-state index is 5.87. The van der Waals surface area contributed by atoms with E-state index in [0.29, 0.717) is 6.61 Å². The van der Waals surface area contributed by atoms with E-state index in [1.165, 1.54) is 0 Å². The van der Waals surface area contributed by atoms with Crippen LogP contribution < -0.4 is 10.5 Å². The van der Waals surface area contributed by atoms with Gasteiger partial charge in [0.1, 0.15) is 12.4 Å². The van der Waals surface area contributed by atoms with Gasteiger partial charge in [0.15, 0.2) is 0 Å². The third kappa shape index (κ3) is 3.03. The Morgan fingerprint density at radius 3 is 2.57 bits per heavy atom. The fourth-order valence-corrected chi connectivity index (χ4v) is 2.31. The van der Waals surface area contributed by atoms with Gasteiger partial charge in [0, 0.05) is 23.2 Å². The summed E-state index contributed by atoms with van der Waals surface area (Å²) in [6.45, 7) is 2.50. The lowest BCUT2D eigenvalue weighted by Gasteiger charge is -2.10. The third-order valence-corrected chi connectivity index (χ3v) is 3.54. The minimum absolute atomic E-state index is 0.0446. The van der Waals surface area contributed by atoms with E-state index >= 15 is 0 Å². The summed E-state index contributed by atoms with van der Waals surface area (Å²) in [5.74, 6) is 0.847. The molecule has 0 aliphatic heterocycles. The molecule has 0 radical (unpaired) electrons. The van der Waals surface area contributed by atoms with Crippen LogP contribution in [0.25, 0.3) is 10.9 Å². The van der Waals surface area contributed by atoms with E-state index in [0.717, 1.165) is 27.8 Å². The van der Waals surface area contributed by atoms with Crippen molar-refractivity contribution in [2.75, 3.05) is 0 Å². The van der Waals surface area contributed by atoms with Crippen LogP contribution in [0.4, 0.5) is 0 Å². The van der Waals surface area contributed by atoms with Crippen LogP contribution in [0.2, 0.25) is 0 Å². The van der Waals surface area contributed by atoms with Crippen molar-refractivity contribution in [2.24, 2.45) is 5.73 Å². The molecular formula is C18H18N2O. The molecule has 0 spiro atoms. The predicted molar refractivity (Wildman–Crippen MR) is 85.1 cm³/mol. The highest BCUT2D eigenvalue weighted by atomic mass is 16.5. The third-order valence-electron chi connectivity index (χ3n) is 3.54. The molecular weight excluding hydrogens is 260 g/mol. The fourth-order valence-electron chi connectivity index (χ4n) is 2.31. The van der Waals surface area contributed by atoms with Crippen molar-refractivity contribution < 1.29 is 4.74 Å². The second-order valence-corrected chi connectivity index (χ2v) is 5.13. The zero-order valence-corrected chi connectivity index (χ0v) is 12.0. The topological polar surface area (TPSA) is 48.1 Å². The number of aromatic nitrogens is 1. The Hall–Kier alpha value is -2.39. The van der Waals surface area contributed by atoms with Gasteiger partial charge in [-0.3, -0.25) is 4.98 Å². The first-order valence-electron chi connectivity index (χ1n) is 7.05. The molecule has 2 aromatic carbocycles. The number of pyridine rings is 1. The molecule has 106 valence electrons. The van der Waals surface area contributed by atoms with Crippen molar-refractivity contribution in [3.05, 3.63) is 71.9 Å². The zero-order chi connectivity index (χ0) is 14.7. The summed E-state index contributed by atoms with van der Waals surface area (Å²) < 4.78 is 5.87. The summed E-state index contributed by atoms with van der Waals surface area (Å²) in [5.41, 5.74) is 9.08. The van der Waals surface area contributed by atoms with Crippen molar-refractivity contribution in [3.8, 4) is 5.75 Å². The lowest BCUT2D eigenvalue weighted by atomic mass is 10.1. The van der Waals surface area contributed by atoms with Gasteiger partial charge in [0.2, 0.25) is 0 Å². The Bertz CT molecular complexity index is 730. The number of nitrogens with two attached hydrogens (primary N) is 1. The SMILES string of the molecule is CC(N)c1ccc(OCc2ccnc3ccccc23)cc1. The molecule has 3 rings (SSSR count). The van der Waals surface area contributed by atoms with E-state index in [1.54, 1.807) is 0 Å². The van der Waals surface area contributed by atoms with Crippen LogP contribution in [0.3, 0.4) is 0 Å². The Morgan fingerprint density at radius 2 is 1.81 bits per heavy atom. The molecule has 1 aromatic heterocycles. The van der Waals surface area contributed by atoms with Gasteiger partial charge in [-0.2, -0.15) is 0 Å². The van der Waals surface area contributed by atoms with Gasteiger partial charge in [-0.05, 0) is 36.8 Å². The number of para-hydroxylation sites is 1. The zero-order valence-electron chi connectivity index (χ0n) is 12.0. The maximum Gasteiger partial charge on any atom is 0.119 e. The smallest absolute Gasteiger partial charge is 0.119 e. The standard InChI is InChI=1S/C18H18N2O/c1-13(19)14-6-8-16(9-7-14)21-12-15-10-11-20-18-5-3-2-4-17(15)18/h2-11,13H,12,19H2,1H3. The molecule has 21 heavy (non-hydrogen) atoms. The van der Waals surface area contributed by atoms with E-state index in [2.05, 4.69) is 11.1 Å². The summed E-state index contributed by atoms with van der Waals surface area (Å²) in [4.78, 5) is 4.36. The number of benzene rings is 2. The first-order chi connectivity index (χ1) is 10.2. The average molecular weight is 278 g/mol. The van der Waals surface area contributed by atoms with Crippen LogP contribution in [0.1, 0.15) is 24.1 Å². The molecule has 0 fully saturated rings.